The molecule has 1 amide bonds. The van der Waals surface area contributed by atoms with Gasteiger partial charge in [0.05, 0.1) is 24.3 Å². The summed E-state index contributed by atoms with van der Waals surface area (Å²) in [6.07, 6.45) is 0.550. The van der Waals surface area contributed by atoms with Crippen LogP contribution in [0, 0.1) is 13.8 Å². The van der Waals surface area contributed by atoms with Gasteiger partial charge in [-0.15, -0.1) is 0 Å². The van der Waals surface area contributed by atoms with E-state index in [9.17, 15) is 19.5 Å². The Labute approximate surface area is 204 Å². The Hall–Kier alpha value is -4.19. The highest BCUT2D eigenvalue weighted by molar-refractivity contribution is 6.46. The van der Waals surface area contributed by atoms with Gasteiger partial charge in [0.15, 0.2) is 0 Å². The molecule has 4 rings (SSSR count). The van der Waals surface area contributed by atoms with Crippen LogP contribution in [0.4, 0.5) is 0 Å². The van der Waals surface area contributed by atoms with Crippen molar-refractivity contribution in [3.63, 3.8) is 0 Å². The zero-order chi connectivity index (χ0) is 25.1. The Balaban J connectivity index is 1.82. The fourth-order valence-electron chi connectivity index (χ4n) is 4.41. The third-order valence-corrected chi connectivity index (χ3v) is 6.32. The van der Waals surface area contributed by atoms with Crippen molar-refractivity contribution >= 4 is 23.4 Å². The van der Waals surface area contributed by atoms with Crippen molar-refractivity contribution in [3.05, 3.63) is 112 Å². The number of aliphatic hydroxyl groups is 1. The summed E-state index contributed by atoms with van der Waals surface area (Å²) in [6, 6.07) is 21.1. The predicted octanol–water partition coefficient (Wildman–Crippen LogP) is 4.75. The minimum Gasteiger partial charge on any atom is -0.507 e. The summed E-state index contributed by atoms with van der Waals surface area (Å²) in [7, 11) is 1.30. The number of aliphatic hydroxyl groups excluding tert-OH is 1. The van der Waals surface area contributed by atoms with E-state index in [-0.39, 0.29) is 11.3 Å². The highest BCUT2D eigenvalue weighted by atomic mass is 16.5. The number of nitrogens with zero attached hydrogens (tertiary/aromatic N) is 1. The maximum atomic E-state index is 13.3. The van der Waals surface area contributed by atoms with Gasteiger partial charge < -0.3 is 14.7 Å². The molecule has 6 nitrogen and oxygen atoms in total. The lowest BCUT2D eigenvalue weighted by atomic mass is 9.92. The van der Waals surface area contributed by atoms with Gasteiger partial charge >= 0.3 is 5.97 Å². The molecule has 1 saturated heterocycles. The van der Waals surface area contributed by atoms with Crippen molar-refractivity contribution in [1.82, 2.24) is 4.90 Å². The molecule has 0 bridgehead atoms. The molecule has 1 fully saturated rings. The summed E-state index contributed by atoms with van der Waals surface area (Å²) >= 11 is 0. The van der Waals surface area contributed by atoms with Crippen LogP contribution in [0.1, 0.15) is 44.2 Å². The number of Topliss-reactive ketones (excluding diaryl/α,β-unsaturated/α-hetero) is 1. The molecule has 1 atom stereocenters. The van der Waals surface area contributed by atoms with Crippen molar-refractivity contribution < 1.29 is 24.2 Å². The summed E-state index contributed by atoms with van der Waals surface area (Å²) in [5.41, 5.74) is 4.29. The van der Waals surface area contributed by atoms with Crippen molar-refractivity contribution in [2.24, 2.45) is 0 Å². The molecule has 35 heavy (non-hydrogen) atoms. The number of methoxy groups -OCH3 is 1. The topological polar surface area (TPSA) is 83.9 Å². The number of hydrogen-bond acceptors (Lipinski definition) is 5. The van der Waals surface area contributed by atoms with E-state index in [2.05, 4.69) is 0 Å². The second kappa shape index (κ2) is 9.97. The minimum atomic E-state index is -0.787. The first-order valence-electron chi connectivity index (χ1n) is 11.4. The van der Waals surface area contributed by atoms with Gasteiger partial charge in [0.1, 0.15) is 5.76 Å². The van der Waals surface area contributed by atoms with Crippen LogP contribution >= 0.6 is 0 Å². The van der Waals surface area contributed by atoms with E-state index in [4.69, 9.17) is 4.74 Å². The van der Waals surface area contributed by atoms with Crippen LogP contribution in [-0.2, 0) is 20.7 Å². The van der Waals surface area contributed by atoms with Crippen LogP contribution in [0.2, 0.25) is 0 Å². The van der Waals surface area contributed by atoms with E-state index in [1.165, 1.54) is 12.0 Å². The van der Waals surface area contributed by atoms with E-state index in [0.717, 1.165) is 16.7 Å². The number of ether oxygens (including phenoxy) is 1. The van der Waals surface area contributed by atoms with E-state index in [0.29, 0.717) is 29.7 Å². The standard InChI is InChI=1S/C29H27NO5/c1-18-9-10-19(2)23(17-18)26(31)24-25(21-11-13-22(14-12-21)29(34)35-3)30(28(33)27(24)32)16-15-20-7-5-4-6-8-20/h4-14,17,25,31H,15-16H2,1-3H3. The molecule has 0 aliphatic carbocycles. The zero-order valence-electron chi connectivity index (χ0n) is 19.9. The molecule has 0 saturated carbocycles. The molecule has 0 radical (unpaired) electrons. The molecular weight excluding hydrogens is 442 g/mol. The van der Waals surface area contributed by atoms with Crippen LogP contribution < -0.4 is 0 Å². The summed E-state index contributed by atoms with van der Waals surface area (Å²) in [5.74, 6) is -2.06. The van der Waals surface area contributed by atoms with Gasteiger partial charge in [-0.1, -0.05) is 60.2 Å². The van der Waals surface area contributed by atoms with Gasteiger partial charge in [0.25, 0.3) is 11.7 Å². The van der Waals surface area contributed by atoms with Crippen molar-refractivity contribution in [1.29, 1.82) is 0 Å². The number of amides is 1. The Morgan fingerprint density at radius 1 is 0.971 bits per heavy atom. The Kier molecular flexibility index (Phi) is 6.82. The van der Waals surface area contributed by atoms with Gasteiger partial charge in [0.2, 0.25) is 0 Å². The number of rotatable bonds is 6. The number of aryl methyl sites for hydroxylation is 2. The van der Waals surface area contributed by atoms with Crippen molar-refractivity contribution in [3.8, 4) is 0 Å². The normalized spacial score (nSPS) is 17.0. The number of ketones is 1. The lowest BCUT2D eigenvalue weighted by Gasteiger charge is -2.25. The fraction of sp³-hybridized carbons (Fsp3) is 0.207. The van der Waals surface area contributed by atoms with Crippen molar-refractivity contribution in [2.75, 3.05) is 13.7 Å². The molecule has 1 heterocycles. The molecule has 1 aliphatic rings. The van der Waals surface area contributed by atoms with E-state index in [1.54, 1.807) is 30.3 Å². The SMILES string of the molecule is COC(=O)c1ccc(C2C(=C(O)c3cc(C)ccc3C)C(=O)C(=O)N2CCc2ccccc2)cc1. The molecular formula is C29H27NO5. The van der Waals surface area contributed by atoms with Gasteiger partial charge in [-0.2, -0.15) is 0 Å². The maximum Gasteiger partial charge on any atom is 0.337 e. The molecule has 1 unspecified atom stereocenters. The molecule has 6 heteroatoms. The molecule has 1 N–H and O–H groups in total. The highest BCUT2D eigenvalue weighted by Gasteiger charge is 2.46. The van der Waals surface area contributed by atoms with Gasteiger partial charge in [0, 0.05) is 12.1 Å². The van der Waals surface area contributed by atoms with E-state index < -0.39 is 23.7 Å². The highest BCUT2D eigenvalue weighted by Crippen LogP contribution is 2.40. The maximum absolute atomic E-state index is 13.3. The monoisotopic (exact) mass is 469 g/mol. The van der Waals surface area contributed by atoms with Crippen LogP contribution in [-0.4, -0.2) is 41.3 Å². The number of benzene rings is 3. The van der Waals surface area contributed by atoms with E-state index >= 15 is 0 Å². The molecule has 178 valence electrons. The van der Waals surface area contributed by atoms with Gasteiger partial charge in [-0.3, -0.25) is 9.59 Å². The van der Waals surface area contributed by atoms with Gasteiger partial charge in [-0.05, 0) is 55.2 Å². The van der Waals surface area contributed by atoms with Crippen molar-refractivity contribution in [2.45, 2.75) is 26.3 Å². The van der Waals surface area contributed by atoms with Gasteiger partial charge in [-0.25, -0.2) is 4.79 Å². The quantitative estimate of drug-likeness (QED) is 0.244. The van der Waals surface area contributed by atoms with Crippen LogP contribution in [0.15, 0.2) is 78.4 Å². The second-order valence-electron chi connectivity index (χ2n) is 8.66. The Bertz CT molecular complexity index is 1310. The lowest BCUT2D eigenvalue weighted by molar-refractivity contribution is -0.139. The first-order valence-corrected chi connectivity index (χ1v) is 11.4. The summed E-state index contributed by atoms with van der Waals surface area (Å²) in [4.78, 5) is 39.9. The summed E-state index contributed by atoms with van der Waals surface area (Å²) in [5, 5.41) is 11.3. The van der Waals surface area contributed by atoms with Crippen LogP contribution in [0.5, 0.6) is 0 Å². The predicted molar refractivity (Wildman–Crippen MR) is 133 cm³/mol. The van der Waals surface area contributed by atoms with Crippen LogP contribution in [0.3, 0.4) is 0 Å². The molecule has 0 aromatic heterocycles. The molecule has 1 aliphatic heterocycles. The average molecular weight is 470 g/mol. The molecule has 3 aromatic carbocycles. The third kappa shape index (κ3) is 4.73. The van der Waals surface area contributed by atoms with E-state index in [1.807, 2.05) is 56.3 Å². The molecule has 0 spiro atoms. The smallest absolute Gasteiger partial charge is 0.337 e. The minimum absolute atomic E-state index is 0.0441. The number of carbonyl (C=O) groups is 3. The first-order chi connectivity index (χ1) is 16.8. The second-order valence-corrected chi connectivity index (χ2v) is 8.66. The van der Waals surface area contributed by atoms with Crippen LogP contribution in [0.25, 0.3) is 5.76 Å². The zero-order valence-corrected chi connectivity index (χ0v) is 19.9. The molecule has 3 aromatic rings. The first kappa shape index (κ1) is 24.0. The largest absolute Gasteiger partial charge is 0.507 e. The average Bonchev–Trinajstić information content (AvgIpc) is 3.13. The lowest BCUT2D eigenvalue weighted by Crippen LogP contribution is -2.31. The number of hydrogen-bond donors (Lipinski definition) is 1. The fourth-order valence-corrected chi connectivity index (χ4v) is 4.41. The number of carbonyl (C=O) groups excluding carboxylic acids is 3. The summed E-state index contributed by atoms with van der Waals surface area (Å²) in [6.45, 7) is 4.04. The third-order valence-electron chi connectivity index (χ3n) is 6.32. The number of esters is 1. The summed E-state index contributed by atoms with van der Waals surface area (Å²) < 4.78 is 4.78. The Morgan fingerprint density at radius 2 is 1.66 bits per heavy atom. The Morgan fingerprint density at radius 3 is 2.31 bits per heavy atom. The number of likely N-dealkylation sites (tertiary alicyclic amines) is 1.